The number of nitrogens with two attached hydrogens (primary N) is 1. The van der Waals surface area contributed by atoms with Crippen molar-refractivity contribution in [2.45, 2.75) is 6.04 Å². The highest BCUT2D eigenvalue weighted by Crippen LogP contribution is 2.28. The topological polar surface area (TPSA) is 63.3 Å². The Hall–Kier alpha value is -1.65. The molecule has 1 atom stereocenters. The Morgan fingerprint density at radius 1 is 1.11 bits per heavy atom. The monoisotopic (exact) mass is 305 g/mol. The molecule has 0 aromatic heterocycles. The Labute approximate surface area is 113 Å². The third-order valence-electron chi connectivity index (χ3n) is 2.72. The molecule has 18 heavy (non-hydrogen) atoms. The molecule has 92 valence electrons. The van der Waals surface area contributed by atoms with E-state index < -0.39 is 12.0 Å². The summed E-state index contributed by atoms with van der Waals surface area (Å²) in [6, 6.07) is 14.1. The third-order valence-corrected chi connectivity index (χ3v) is 3.41. The van der Waals surface area contributed by atoms with Crippen LogP contribution in [0.4, 0.5) is 0 Å². The van der Waals surface area contributed by atoms with Gasteiger partial charge >= 0.3 is 5.97 Å². The smallest absolute Gasteiger partial charge is 0.325 e. The zero-order valence-corrected chi connectivity index (χ0v) is 11.1. The summed E-state index contributed by atoms with van der Waals surface area (Å²) >= 11 is 3.48. The van der Waals surface area contributed by atoms with Crippen LogP contribution in [0.15, 0.2) is 53.0 Å². The highest BCUT2D eigenvalue weighted by atomic mass is 79.9. The molecular formula is C14H12BrNO2. The van der Waals surface area contributed by atoms with Crippen LogP contribution < -0.4 is 5.73 Å². The first-order chi connectivity index (χ1) is 8.59. The minimum absolute atomic E-state index is 0.596. The Kier molecular flexibility index (Phi) is 3.79. The number of carbonyl (C=O) groups is 1. The third kappa shape index (κ3) is 2.60. The van der Waals surface area contributed by atoms with Crippen molar-refractivity contribution in [1.82, 2.24) is 0 Å². The molecule has 0 aliphatic rings. The molecule has 2 aromatic carbocycles. The molecule has 0 saturated carbocycles. The molecule has 3 nitrogen and oxygen atoms in total. The van der Waals surface area contributed by atoms with Crippen molar-refractivity contribution in [3.63, 3.8) is 0 Å². The zero-order chi connectivity index (χ0) is 13.1. The number of hydrogen-bond acceptors (Lipinski definition) is 2. The maximum Gasteiger partial charge on any atom is 0.325 e. The summed E-state index contributed by atoms with van der Waals surface area (Å²) in [5.74, 6) is -1.02. The van der Waals surface area contributed by atoms with Gasteiger partial charge in [0.25, 0.3) is 0 Å². The molecule has 0 radical (unpaired) electrons. The first-order valence-corrected chi connectivity index (χ1v) is 6.22. The number of hydrogen-bond donors (Lipinski definition) is 2. The lowest BCUT2D eigenvalue weighted by molar-refractivity contribution is -0.138. The minimum atomic E-state index is -1.02. The van der Waals surface area contributed by atoms with Gasteiger partial charge in [-0.2, -0.15) is 0 Å². The number of rotatable bonds is 3. The molecule has 4 heteroatoms. The summed E-state index contributed by atoms with van der Waals surface area (Å²) in [6.07, 6.45) is 0. The first-order valence-electron chi connectivity index (χ1n) is 5.43. The van der Waals surface area contributed by atoms with Gasteiger partial charge in [0.05, 0.1) is 0 Å². The molecule has 0 aliphatic heterocycles. The second kappa shape index (κ2) is 5.33. The Bertz CT molecular complexity index is 566. The maximum absolute atomic E-state index is 10.8. The Balaban J connectivity index is 2.34. The van der Waals surface area contributed by atoms with Crippen molar-refractivity contribution in [3.8, 4) is 11.1 Å². The standard InChI is InChI=1S/C14H12BrNO2/c15-12-4-2-1-3-11(12)9-5-7-10(8-6-9)13(16)14(17)18/h1-8,13H,16H2,(H,17,18). The quantitative estimate of drug-likeness (QED) is 0.915. The van der Waals surface area contributed by atoms with E-state index in [2.05, 4.69) is 15.9 Å². The summed E-state index contributed by atoms with van der Waals surface area (Å²) < 4.78 is 1.00. The highest BCUT2D eigenvalue weighted by molar-refractivity contribution is 9.10. The second-order valence-electron chi connectivity index (χ2n) is 3.92. The highest BCUT2D eigenvalue weighted by Gasteiger charge is 2.13. The van der Waals surface area contributed by atoms with Crippen LogP contribution in [-0.2, 0) is 4.79 Å². The Morgan fingerprint density at radius 2 is 1.72 bits per heavy atom. The zero-order valence-electron chi connectivity index (χ0n) is 9.51. The average Bonchev–Trinajstić information content (AvgIpc) is 2.38. The lowest BCUT2D eigenvalue weighted by atomic mass is 10.0. The molecule has 2 rings (SSSR count). The van der Waals surface area contributed by atoms with E-state index in [0.717, 1.165) is 15.6 Å². The number of carboxylic acid groups (broad SMARTS) is 1. The number of halogens is 1. The van der Waals surface area contributed by atoms with Crippen molar-refractivity contribution in [3.05, 3.63) is 58.6 Å². The predicted octanol–water partition coefficient (Wildman–Crippen LogP) is 3.20. The molecular weight excluding hydrogens is 294 g/mol. The molecule has 0 saturated heterocycles. The van der Waals surface area contributed by atoms with E-state index in [1.54, 1.807) is 12.1 Å². The van der Waals surface area contributed by atoms with E-state index in [-0.39, 0.29) is 0 Å². The summed E-state index contributed by atoms with van der Waals surface area (Å²) in [4.78, 5) is 10.8. The van der Waals surface area contributed by atoms with E-state index >= 15 is 0 Å². The summed E-state index contributed by atoms with van der Waals surface area (Å²) in [5, 5.41) is 8.83. The molecule has 3 N–H and O–H groups in total. The summed E-state index contributed by atoms with van der Waals surface area (Å²) in [5.41, 5.74) is 8.22. The van der Waals surface area contributed by atoms with Crippen molar-refractivity contribution >= 4 is 21.9 Å². The van der Waals surface area contributed by atoms with Gasteiger partial charge in [0.2, 0.25) is 0 Å². The largest absolute Gasteiger partial charge is 0.480 e. The molecule has 0 heterocycles. The fourth-order valence-electron chi connectivity index (χ4n) is 1.71. The van der Waals surface area contributed by atoms with Gasteiger partial charge in [0, 0.05) is 4.47 Å². The van der Waals surface area contributed by atoms with Crippen LogP contribution in [0.1, 0.15) is 11.6 Å². The molecule has 0 amide bonds. The van der Waals surface area contributed by atoms with Gasteiger partial charge in [0.15, 0.2) is 0 Å². The lowest BCUT2D eigenvalue weighted by Crippen LogP contribution is -2.20. The molecule has 0 aliphatic carbocycles. The van der Waals surface area contributed by atoms with Crippen LogP contribution in [0.5, 0.6) is 0 Å². The summed E-state index contributed by atoms with van der Waals surface area (Å²) in [6.45, 7) is 0. The normalized spacial score (nSPS) is 12.1. The lowest BCUT2D eigenvalue weighted by Gasteiger charge is -2.09. The van der Waals surface area contributed by atoms with E-state index in [1.165, 1.54) is 0 Å². The van der Waals surface area contributed by atoms with Crippen LogP contribution in [-0.4, -0.2) is 11.1 Å². The number of aliphatic carboxylic acids is 1. The maximum atomic E-state index is 10.8. The van der Waals surface area contributed by atoms with E-state index in [0.29, 0.717) is 5.56 Å². The SMILES string of the molecule is NC(C(=O)O)c1ccc(-c2ccccc2Br)cc1. The van der Waals surface area contributed by atoms with Gasteiger partial charge in [-0.15, -0.1) is 0 Å². The number of benzene rings is 2. The van der Waals surface area contributed by atoms with Crippen molar-refractivity contribution in [1.29, 1.82) is 0 Å². The molecule has 2 aromatic rings. The fourth-order valence-corrected chi connectivity index (χ4v) is 2.22. The van der Waals surface area contributed by atoms with E-state index in [9.17, 15) is 4.79 Å². The Morgan fingerprint density at radius 3 is 2.28 bits per heavy atom. The second-order valence-corrected chi connectivity index (χ2v) is 4.77. The predicted molar refractivity (Wildman–Crippen MR) is 74.1 cm³/mol. The van der Waals surface area contributed by atoms with Gasteiger partial charge in [0.1, 0.15) is 6.04 Å². The van der Waals surface area contributed by atoms with Crippen LogP contribution in [0.3, 0.4) is 0 Å². The van der Waals surface area contributed by atoms with Gasteiger partial charge in [-0.1, -0.05) is 58.4 Å². The van der Waals surface area contributed by atoms with Crippen LogP contribution in [0.2, 0.25) is 0 Å². The van der Waals surface area contributed by atoms with Gasteiger partial charge in [-0.05, 0) is 22.8 Å². The van der Waals surface area contributed by atoms with E-state index in [1.807, 2.05) is 36.4 Å². The molecule has 0 spiro atoms. The van der Waals surface area contributed by atoms with Gasteiger partial charge in [-0.25, -0.2) is 0 Å². The average molecular weight is 306 g/mol. The van der Waals surface area contributed by atoms with E-state index in [4.69, 9.17) is 10.8 Å². The van der Waals surface area contributed by atoms with Crippen LogP contribution in [0.25, 0.3) is 11.1 Å². The first kappa shape index (κ1) is 12.8. The molecule has 0 bridgehead atoms. The van der Waals surface area contributed by atoms with Crippen molar-refractivity contribution in [2.75, 3.05) is 0 Å². The summed E-state index contributed by atoms with van der Waals surface area (Å²) in [7, 11) is 0. The number of carboxylic acids is 1. The molecule has 1 unspecified atom stereocenters. The van der Waals surface area contributed by atoms with Crippen molar-refractivity contribution in [2.24, 2.45) is 5.73 Å². The minimum Gasteiger partial charge on any atom is -0.480 e. The van der Waals surface area contributed by atoms with Crippen LogP contribution in [0, 0.1) is 0 Å². The van der Waals surface area contributed by atoms with Gasteiger partial charge < -0.3 is 10.8 Å². The van der Waals surface area contributed by atoms with Crippen molar-refractivity contribution < 1.29 is 9.90 Å². The van der Waals surface area contributed by atoms with Gasteiger partial charge in [-0.3, -0.25) is 4.79 Å². The molecule has 0 fully saturated rings. The fraction of sp³-hybridized carbons (Fsp3) is 0.0714. The van der Waals surface area contributed by atoms with Crippen LogP contribution >= 0.6 is 15.9 Å².